The number of ketones is 1. The van der Waals surface area contributed by atoms with Gasteiger partial charge >= 0.3 is 0 Å². The quantitative estimate of drug-likeness (QED) is 0.133. The van der Waals surface area contributed by atoms with Crippen molar-refractivity contribution in [2.75, 3.05) is 13.2 Å². The van der Waals surface area contributed by atoms with Crippen LogP contribution in [0.3, 0.4) is 0 Å². The molecular weight excluding hydrogens is 827 g/mol. The number of Topliss-reactive ketones (excluding diaryl/α,β-unsaturated/α-hetero) is 1. The number of carbonyl (C=O) groups excluding carboxylic acids is 1. The van der Waals surface area contributed by atoms with E-state index in [2.05, 4.69) is 23.6 Å². The molecule has 366 valence electrons. The van der Waals surface area contributed by atoms with Crippen molar-refractivity contribution in [3.8, 4) is 0 Å². The molecule has 65 heavy (non-hydrogen) atoms. The molecule has 9 aliphatic rings. The van der Waals surface area contributed by atoms with Crippen LogP contribution in [-0.2, 0) is 9.53 Å². The third-order valence-electron chi connectivity index (χ3n) is 20.2. The normalized spacial score (nSPS) is 48.5. The first-order chi connectivity index (χ1) is 30.9. The Morgan fingerprint density at radius 2 is 1.75 bits per heavy atom. The summed E-state index contributed by atoms with van der Waals surface area (Å²) >= 11 is 0. The highest BCUT2D eigenvalue weighted by Gasteiger charge is 2.76. The molecule has 0 amide bonds. The molecule has 0 radical (unpaired) electrons. The van der Waals surface area contributed by atoms with E-state index in [9.17, 15) is 40.9 Å². The van der Waals surface area contributed by atoms with E-state index in [0.29, 0.717) is 81.4 Å². The van der Waals surface area contributed by atoms with E-state index in [4.69, 9.17) is 10.5 Å². The molecule has 7 aliphatic carbocycles. The van der Waals surface area contributed by atoms with Crippen molar-refractivity contribution in [2.24, 2.45) is 63.9 Å². The largest absolute Gasteiger partial charge is 0.396 e. The Hall–Kier alpha value is -1.91. The van der Waals surface area contributed by atoms with Gasteiger partial charge in [-0.15, -0.1) is 0 Å². The number of nitrogens with one attached hydrogen (secondary N) is 2. The Morgan fingerprint density at radius 1 is 1.00 bits per heavy atom. The summed E-state index contributed by atoms with van der Waals surface area (Å²) < 4.78 is 6.99. The fourth-order valence-corrected chi connectivity index (χ4v) is 17.2. The molecule has 0 spiro atoms. The zero-order chi connectivity index (χ0) is 46.4. The lowest BCUT2D eigenvalue weighted by molar-refractivity contribution is -0.255. The molecule has 13 heteroatoms. The van der Waals surface area contributed by atoms with Gasteiger partial charge in [0, 0.05) is 36.1 Å². The molecule has 12 N–H and O–H groups in total. The topological polar surface area (TPSA) is 238 Å². The first-order valence-electron chi connectivity index (χ1n) is 26.0. The van der Waals surface area contributed by atoms with Crippen molar-refractivity contribution < 1.29 is 50.4 Å². The van der Waals surface area contributed by atoms with Gasteiger partial charge in [0.15, 0.2) is 5.78 Å². The molecule has 6 saturated carbocycles. The van der Waals surface area contributed by atoms with E-state index in [0.717, 1.165) is 43.4 Å². The minimum absolute atomic E-state index is 0.0327. The second-order valence-electron chi connectivity index (χ2n) is 23.4. The van der Waals surface area contributed by atoms with Crippen LogP contribution in [0.1, 0.15) is 150 Å². The molecule has 0 aromatic heterocycles. The predicted molar refractivity (Wildman–Crippen MR) is 245 cm³/mol. The molecular formula is C52H83N3O10. The van der Waals surface area contributed by atoms with Crippen molar-refractivity contribution in [3.05, 3.63) is 34.7 Å². The summed E-state index contributed by atoms with van der Waals surface area (Å²) in [6.45, 7) is 7.77. The number of aliphatic hydroxyl groups excluding tert-OH is 5. The van der Waals surface area contributed by atoms with E-state index in [1.54, 1.807) is 13.8 Å². The van der Waals surface area contributed by atoms with Gasteiger partial charge in [-0.3, -0.25) is 4.79 Å². The number of dihydropyridines is 1. The van der Waals surface area contributed by atoms with Gasteiger partial charge in [-0.05, 0) is 175 Å². The van der Waals surface area contributed by atoms with E-state index < -0.39 is 75.9 Å². The number of aliphatic hydroxyl groups is 8. The van der Waals surface area contributed by atoms with Crippen molar-refractivity contribution >= 4 is 5.78 Å². The standard InChI is InChI=1S/C52H83N3O10/c1-5-8-29-11-15-32-38(17-12-29)65-47-41(32)36(58)10-6-21-52(47,64)49(4,62)39-20-23-51(63)43-34(19-22-48(39,51)3)50-26-37(59)45(60)33(42(50)46(61)44(43)54-27-28(2)57)16-14-31(50)25-30-13-18-40(53)55-35(30)9-7-24-56/h13,18,28-29,31-34,36-42,45,47,54-60,62-64H,5-12,14-17,19-27,53H2,1-4H3. The predicted octanol–water partition coefficient (Wildman–Crippen LogP) is 3.98. The van der Waals surface area contributed by atoms with Gasteiger partial charge in [0.1, 0.15) is 5.60 Å². The maximum atomic E-state index is 15.7. The molecule has 2 aliphatic heterocycles. The van der Waals surface area contributed by atoms with Crippen LogP contribution in [0.15, 0.2) is 34.7 Å². The van der Waals surface area contributed by atoms with Crippen LogP contribution in [0.4, 0.5) is 0 Å². The van der Waals surface area contributed by atoms with Gasteiger partial charge < -0.3 is 62.0 Å². The Morgan fingerprint density at radius 3 is 2.49 bits per heavy atom. The third-order valence-corrected chi connectivity index (χ3v) is 20.2. The third kappa shape index (κ3) is 7.40. The molecule has 2 heterocycles. The van der Waals surface area contributed by atoms with Crippen LogP contribution in [0.2, 0.25) is 0 Å². The van der Waals surface area contributed by atoms with E-state index in [-0.39, 0.29) is 74.1 Å². The number of nitrogens with two attached hydrogens (primary N) is 1. The van der Waals surface area contributed by atoms with E-state index in [1.807, 2.05) is 13.0 Å². The fraction of sp³-hybridized carbons (Fsp3) is 0.865. The summed E-state index contributed by atoms with van der Waals surface area (Å²) in [5.74, 6) is -2.02. The lowest BCUT2D eigenvalue weighted by Crippen LogP contribution is -2.71. The molecule has 13 nitrogen and oxygen atoms in total. The Kier molecular flexibility index (Phi) is 13.2. The molecule has 7 fully saturated rings. The summed E-state index contributed by atoms with van der Waals surface area (Å²) in [7, 11) is 0. The molecule has 0 aromatic carbocycles. The maximum absolute atomic E-state index is 15.7. The number of allylic oxidation sites excluding steroid dienone is 4. The Balaban J connectivity index is 1.12. The number of rotatable bonds is 12. The molecule has 0 aromatic rings. The monoisotopic (exact) mass is 910 g/mol. The second kappa shape index (κ2) is 17.8. The summed E-state index contributed by atoms with van der Waals surface area (Å²) in [6.07, 6.45) is 11.5. The summed E-state index contributed by atoms with van der Waals surface area (Å²) in [5, 5.41) is 103. The van der Waals surface area contributed by atoms with Gasteiger partial charge in [-0.25, -0.2) is 0 Å². The van der Waals surface area contributed by atoms with Gasteiger partial charge in [-0.2, -0.15) is 0 Å². The highest BCUT2D eigenvalue weighted by atomic mass is 16.5. The molecule has 2 bridgehead atoms. The van der Waals surface area contributed by atoms with Crippen LogP contribution in [-0.4, -0.2) is 119 Å². The van der Waals surface area contributed by atoms with Gasteiger partial charge in [-0.1, -0.05) is 39.2 Å². The Labute approximate surface area is 386 Å². The van der Waals surface area contributed by atoms with E-state index in [1.165, 1.54) is 6.42 Å². The van der Waals surface area contributed by atoms with Gasteiger partial charge in [0.05, 0.1) is 59.7 Å². The van der Waals surface area contributed by atoms with Crippen LogP contribution < -0.4 is 16.4 Å². The van der Waals surface area contributed by atoms with Crippen molar-refractivity contribution in [1.29, 1.82) is 0 Å². The number of fused-ring (bicyclic) bond motifs is 6. The van der Waals surface area contributed by atoms with Crippen LogP contribution in [0.5, 0.6) is 0 Å². The molecule has 9 rings (SSSR count). The van der Waals surface area contributed by atoms with Crippen LogP contribution in [0, 0.1) is 58.2 Å². The average molecular weight is 910 g/mol. The maximum Gasteiger partial charge on any atom is 0.182 e. The molecule has 20 atom stereocenters. The van der Waals surface area contributed by atoms with Crippen molar-refractivity contribution in [3.63, 3.8) is 0 Å². The minimum atomic E-state index is -1.75. The van der Waals surface area contributed by atoms with Crippen molar-refractivity contribution in [1.82, 2.24) is 10.6 Å². The molecule has 20 unspecified atom stereocenters. The highest BCUT2D eigenvalue weighted by Crippen LogP contribution is 2.74. The average Bonchev–Trinajstić information content (AvgIpc) is 3.65. The zero-order valence-electron chi connectivity index (χ0n) is 39.6. The number of hydrogen-bond acceptors (Lipinski definition) is 13. The van der Waals surface area contributed by atoms with Crippen LogP contribution in [0.25, 0.3) is 0 Å². The zero-order valence-corrected chi connectivity index (χ0v) is 39.6. The van der Waals surface area contributed by atoms with Gasteiger partial charge in [0.25, 0.3) is 0 Å². The van der Waals surface area contributed by atoms with Crippen molar-refractivity contribution in [2.45, 2.75) is 209 Å². The summed E-state index contributed by atoms with van der Waals surface area (Å²) in [6, 6.07) is 0. The molecule has 1 saturated heterocycles. The minimum Gasteiger partial charge on any atom is -0.396 e. The number of ether oxygens (including phenoxy) is 1. The van der Waals surface area contributed by atoms with Crippen LogP contribution >= 0.6 is 0 Å². The number of carbonyl (C=O) groups is 1. The van der Waals surface area contributed by atoms with Gasteiger partial charge in [0.2, 0.25) is 0 Å². The smallest absolute Gasteiger partial charge is 0.182 e. The lowest BCUT2D eigenvalue weighted by Gasteiger charge is -2.67. The number of hydrogen-bond donors (Lipinski definition) is 11. The Bertz CT molecular complexity index is 1890. The van der Waals surface area contributed by atoms with E-state index >= 15 is 4.79 Å². The first kappa shape index (κ1) is 48.1. The highest BCUT2D eigenvalue weighted by molar-refractivity contribution is 6.00. The summed E-state index contributed by atoms with van der Waals surface area (Å²) in [5.41, 5.74) is 2.31. The summed E-state index contributed by atoms with van der Waals surface area (Å²) in [4.78, 5) is 15.7. The lowest BCUT2D eigenvalue weighted by atomic mass is 9.37. The first-order valence-corrected chi connectivity index (χ1v) is 26.0. The second-order valence-corrected chi connectivity index (χ2v) is 23.4. The fourth-order valence-electron chi connectivity index (χ4n) is 17.2. The SMILES string of the molecule is CCCC1CCC2OC3C(C(O)CCCC3(O)C(C)(O)C3CCC4(O)C5=C(NCC(C)O)C(=O)C6C7CCC(CC8=C(CCCO)NC(N)C=C8)C6(CC(O)C7O)C5CCC34C)C2CC1.